The van der Waals surface area contributed by atoms with Gasteiger partial charge in [-0.25, -0.2) is 0 Å². The molecule has 1 saturated carbocycles. The predicted octanol–water partition coefficient (Wildman–Crippen LogP) is 4.30. The van der Waals surface area contributed by atoms with Crippen molar-refractivity contribution in [2.45, 2.75) is 58.0 Å². The predicted molar refractivity (Wildman–Crippen MR) is 75.7 cm³/mol. The van der Waals surface area contributed by atoms with E-state index in [0.29, 0.717) is 12.3 Å². The zero-order valence-electron chi connectivity index (χ0n) is 11.7. The van der Waals surface area contributed by atoms with E-state index in [2.05, 4.69) is 0 Å². The van der Waals surface area contributed by atoms with Crippen molar-refractivity contribution in [2.75, 3.05) is 0 Å². The van der Waals surface area contributed by atoms with Gasteiger partial charge in [0.05, 0.1) is 5.56 Å². The number of ketones is 1. The summed E-state index contributed by atoms with van der Waals surface area (Å²) in [6.45, 7) is 2.02. The monoisotopic (exact) mass is 258 g/mol. The van der Waals surface area contributed by atoms with Gasteiger partial charge in [0.25, 0.3) is 0 Å². The summed E-state index contributed by atoms with van der Waals surface area (Å²) in [6, 6.07) is 5.95. The van der Waals surface area contributed by atoms with E-state index in [1.54, 1.807) is 0 Å². The number of carbonyl (C=O) groups is 1. The second-order valence-corrected chi connectivity index (χ2v) is 6.03. The van der Waals surface area contributed by atoms with Crippen molar-refractivity contribution in [1.82, 2.24) is 0 Å². The fourth-order valence-corrected chi connectivity index (χ4v) is 3.41. The Labute approximate surface area is 115 Å². The number of hydrogen-bond donors (Lipinski definition) is 0. The molecular formula is C17H22O2. The van der Waals surface area contributed by atoms with E-state index >= 15 is 0 Å². The van der Waals surface area contributed by atoms with Gasteiger partial charge in [-0.3, -0.25) is 4.79 Å². The second-order valence-electron chi connectivity index (χ2n) is 6.03. The molecule has 1 aliphatic carbocycles. The van der Waals surface area contributed by atoms with E-state index in [1.165, 1.54) is 38.5 Å². The highest BCUT2D eigenvalue weighted by molar-refractivity contribution is 6.00. The first kappa shape index (κ1) is 12.7. The average Bonchev–Trinajstić information content (AvgIpc) is 2.68. The van der Waals surface area contributed by atoms with Crippen LogP contribution in [0.5, 0.6) is 5.75 Å². The van der Waals surface area contributed by atoms with Gasteiger partial charge in [-0.05, 0) is 37.8 Å². The Bertz CT molecular complexity index is 470. The summed E-state index contributed by atoms with van der Waals surface area (Å²) in [4.78, 5) is 12.3. The van der Waals surface area contributed by atoms with Crippen LogP contribution in [0.15, 0.2) is 18.2 Å². The van der Waals surface area contributed by atoms with E-state index in [0.717, 1.165) is 16.9 Å². The average molecular weight is 258 g/mol. The van der Waals surface area contributed by atoms with Crippen LogP contribution in [0.4, 0.5) is 0 Å². The molecule has 0 bridgehead atoms. The number of carbonyl (C=O) groups excluding carboxylic acids is 1. The van der Waals surface area contributed by atoms with Crippen LogP contribution in [0.25, 0.3) is 0 Å². The van der Waals surface area contributed by atoms with Gasteiger partial charge in [0.1, 0.15) is 11.9 Å². The SMILES string of the molecule is Cc1ccc2c(c1)C(=O)CC(C1CCCCCC1)O2. The van der Waals surface area contributed by atoms with Crippen molar-refractivity contribution in [2.24, 2.45) is 5.92 Å². The Balaban J connectivity index is 1.80. The Morgan fingerprint density at radius 3 is 2.58 bits per heavy atom. The zero-order chi connectivity index (χ0) is 13.2. The van der Waals surface area contributed by atoms with Crippen LogP contribution in [0.2, 0.25) is 0 Å². The molecule has 0 amide bonds. The number of benzene rings is 1. The van der Waals surface area contributed by atoms with Gasteiger partial charge >= 0.3 is 0 Å². The molecule has 1 aromatic rings. The summed E-state index contributed by atoms with van der Waals surface area (Å²) in [7, 11) is 0. The van der Waals surface area contributed by atoms with Crippen molar-refractivity contribution >= 4 is 5.78 Å². The van der Waals surface area contributed by atoms with E-state index in [9.17, 15) is 4.79 Å². The first-order valence-electron chi connectivity index (χ1n) is 7.54. The van der Waals surface area contributed by atoms with E-state index in [1.807, 2.05) is 25.1 Å². The largest absolute Gasteiger partial charge is 0.489 e. The molecule has 0 saturated heterocycles. The van der Waals surface area contributed by atoms with Crippen molar-refractivity contribution in [3.8, 4) is 5.75 Å². The molecule has 1 aliphatic heterocycles. The topological polar surface area (TPSA) is 26.3 Å². The molecule has 1 fully saturated rings. The Morgan fingerprint density at radius 1 is 1.11 bits per heavy atom. The van der Waals surface area contributed by atoms with Crippen LogP contribution in [-0.2, 0) is 0 Å². The molecular weight excluding hydrogens is 236 g/mol. The van der Waals surface area contributed by atoms with Crippen LogP contribution in [0, 0.1) is 12.8 Å². The third-order valence-electron chi connectivity index (χ3n) is 4.53. The molecule has 0 aromatic heterocycles. The molecule has 2 nitrogen and oxygen atoms in total. The van der Waals surface area contributed by atoms with Gasteiger partial charge in [-0.2, -0.15) is 0 Å². The third-order valence-corrected chi connectivity index (χ3v) is 4.53. The van der Waals surface area contributed by atoms with Gasteiger partial charge in [0, 0.05) is 6.42 Å². The number of hydrogen-bond acceptors (Lipinski definition) is 2. The lowest BCUT2D eigenvalue weighted by molar-refractivity contribution is 0.0702. The normalized spacial score (nSPS) is 24.5. The second kappa shape index (κ2) is 5.36. The minimum absolute atomic E-state index is 0.112. The molecule has 0 N–H and O–H groups in total. The fourth-order valence-electron chi connectivity index (χ4n) is 3.41. The summed E-state index contributed by atoms with van der Waals surface area (Å²) in [5.41, 5.74) is 1.91. The lowest BCUT2D eigenvalue weighted by Gasteiger charge is -2.31. The zero-order valence-corrected chi connectivity index (χ0v) is 11.7. The quantitative estimate of drug-likeness (QED) is 0.702. The molecule has 0 radical (unpaired) electrons. The number of aryl methyl sites for hydroxylation is 1. The maximum absolute atomic E-state index is 12.3. The van der Waals surface area contributed by atoms with Crippen molar-refractivity contribution in [3.05, 3.63) is 29.3 Å². The van der Waals surface area contributed by atoms with Crippen LogP contribution in [0.1, 0.15) is 60.9 Å². The maximum atomic E-state index is 12.3. The first-order chi connectivity index (χ1) is 9.24. The van der Waals surface area contributed by atoms with E-state index in [-0.39, 0.29) is 11.9 Å². The molecule has 1 heterocycles. The van der Waals surface area contributed by atoms with Crippen molar-refractivity contribution in [3.63, 3.8) is 0 Å². The highest BCUT2D eigenvalue weighted by Crippen LogP contribution is 2.35. The van der Waals surface area contributed by atoms with Gasteiger partial charge in [0.15, 0.2) is 5.78 Å². The van der Waals surface area contributed by atoms with Crippen LogP contribution < -0.4 is 4.74 Å². The molecule has 102 valence electrons. The minimum Gasteiger partial charge on any atom is -0.489 e. The Hall–Kier alpha value is -1.31. The third kappa shape index (κ3) is 2.68. The minimum atomic E-state index is 0.112. The lowest BCUT2D eigenvalue weighted by Crippen LogP contribution is -2.33. The molecule has 19 heavy (non-hydrogen) atoms. The number of Topliss-reactive ketones (excluding diaryl/α,β-unsaturated/α-hetero) is 1. The number of rotatable bonds is 1. The summed E-state index contributed by atoms with van der Waals surface area (Å²) in [5, 5.41) is 0. The standard InChI is InChI=1S/C17H22O2/c1-12-8-9-16-14(10-12)15(18)11-17(19-16)13-6-4-2-3-5-7-13/h8-10,13,17H,2-7,11H2,1H3. The molecule has 2 heteroatoms. The van der Waals surface area contributed by atoms with Gasteiger partial charge in [-0.15, -0.1) is 0 Å². The number of fused-ring (bicyclic) bond motifs is 1. The molecule has 3 rings (SSSR count). The van der Waals surface area contributed by atoms with Crippen molar-refractivity contribution in [1.29, 1.82) is 0 Å². The summed E-state index contributed by atoms with van der Waals surface area (Å²) in [5.74, 6) is 1.64. The molecule has 0 spiro atoms. The molecule has 2 aliphatic rings. The van der Waals surface area contributed by atoms with Crippen LogP contribution in [-0.4, -0.2) is 11.9 Å². The van der Waals surface area contributed by atoms with Gasteiger partial charge in [-0.1, -0.05) is 37.3 Å². The fraction of sp³-hybridized carbons (Fsp3) is 0.588. The maximum Gasteiger partial charge on any atom is 0.170 e. The van der Waals surface area contributed by atoms with E-state index < -0.39 is 0 Å². The summed E-state index contributed by atoms with van der Waals surface area (Å²) in [6.07, 6.45) is 8.39. The molecule has 1 atom stereocenters. The number of ether oxygens (including phenoxy) is 1. The van der Waals surface area contributed by atoms with Gasteiger partial charge < -0.3 is 4.74 Å². The highest BCUT2D eigenvalue weighted by Gasteiger charge is 2.32. The molecule has 1 unspecified atom stereocenters. The smallest absolute Gasteiger partial charge is 0.170 e. The Morgan fingerprint density at radius 2 is 1.84 bits per heavy atom. The highest BCUT2D eigenvalue weighted by atomic mass is 16.5. The lowest BCUT2D eigenvalue weighted by atomic mass is 9.87. The molecule has 1 aromatic carbocycles. The van der Waals surface area contributed by atoms with E-state index in [4.69, 9.17) is 4.74 Å². The van der Waals surface area contributed by atoms with Crippen LogP contribution in [0.3, 0.4) is 0 Å². The summed E-state index contributed by atoms with van der Waals surface area (Å²) >= 11 is 0. The van der Waals surface area contributed by atoms with Crippen LogP contribution >= 0.6 is 0 Å². The Kier molecular flexibility index (Phi) is 3.58. The summed E-state index contributed by atoms with van der Waals surface area (Å²) < 4.78 is 6.13. The van der Waals surface area contributed by atoms with Crippen molar-refractivity contribution < 1.29 is 9.53 Å². The van der Waals surface area contributed by atoms with Gasteiger partial charge in [0.2, 0.25) is 0 Å². The first-order valence-corrected chi connectivity index (χ1v) is 7.54.